The maximum absolute atomic E-state index is 6.19. The number of hydrogen-bond acceptors (Lipinski definition) is 2. The molecular weight excluding hydrogens is 202 g/mol. The molecular formula is C13H15NS. The van der Waals surface area contributed by atoms with Crippen molar-refractivity contribution in [2.24, 2.45) is 5.73 Å². The van der Waals surface area contributed by atoms with E-state index in [0.717, 1.165) is 0 Å². The average molecular weight is 217 g/mol. The number of nitrogens with two attached hydrogens (primary N) is 1. The van der Waals surface area contributed by atoms with E-state index in [0.29, 0.717) is 0 Å². The fourth-order valence-corrected chi connectivity index (χ4v) is 2.34. The minimum Gasteiger partial charge on any atom is -0.320 e. The van der Waals surface area contributed by atoms with Crippen molar-refractivity contribution in [3.63, 3.8) is 0 Å². The van der Waals surface area contributed by atoms with Gasteiger partial charge >= 0.3 is 0 Å². The van der Waals surface area contributed by atoms with Gasteiger partial charge in [0, 0.05) is 4.88 Å². The lowest BCUT2D eigenvalue weighted by molar-refractivity contribution is 0.890. The monoisotopic (exact) mass is 217 g/mol. The summed E-state index contributed by atoms with van der Waals surface area (Å²) in [7, 11) is 0. The van der Waals surface area contributed by atoms with Crippen molar-refractivity contribution in [2.75, 3.05) is 0 Å². The first kappa shape index (κ1) is 10.4. The molecule has 0 amide bonds. The highest BCUT2D eigenvalue weighted by atomic mass is 32.1. The third-order valence-corrected chi connectivity index (χ3v) is 3.70. The van der Waals surface area contributed by atoms with Crippen LogP contribution in [0.15, 0.2) is 35.7 Å². The first-order chi connectivity index (χ1) is 7.18. The van der Waals surface area contributed by atoms with Gasteiger partial charge in [0.05, 0.1) is 6.04 Å². The fraction of sp³-hybridized carbons (Fsp3) is 0.231. The van der Waals surface area contributed by atoms with Gasteiger partial charge in [-0.2, -0.15) is 0 Å². The minimum atomic E-state index is 0.0179. The van der Waals surface area contributed by atoms with Crippen LogP contribution in [0.1, 0.15) is 27.6 Å². The molecule has 2 rings (SSSR count). The molecule has 2 aromatic rings. The van der Waals surface area contributed by atoms with Crippen molar-refractivity contribution in [3.05, 3.63) is 57.3 Å². The lowest BCUT2D eigenvalue weighted by Gasteiger charge is -2.11. The molecule has 0 aliphatic heterocycles. The van der Waals surface area contributed by atoms with Gasteiger partial charge in [0.2, 0.25) is 0 Å². The van der Waals surface area contributed by atoms with Crippen molar-refractivity contribution in [1.82, 2.24) is 0 Å². The van der Waals surface area contributed by atoms with Crippen molar-refractivity contribution >= 4 is 11.3 Å². The molecule has 0 unspecified atom stereocenters. The highest BCUT2D eigenvalue weighted by Gasteiger charge is 2.09. The third-order valence-electron chi connectivity index (χ3n) is 2.74. The Morgan fingerprint density at radius 3 is 2.53 bits per heavy atom. The number of benzene rings is 1. The Bertz CT molecular complexity index is 446. The predicted molar refractivity (Wildman–Crippen MR) is 66.3 cm³/mol. The molecule has 1 heterocycles. The molecule has 0 saturated heterocycles. The van der Waals surface area contributed by atoms with Crippen LogP contribution in [0.25, 0.3) is 0 Å². The van der Waals surface area contributed by atoms with E-state index in [9.17, 15) is 0 Å². The first-order valence-corrected chi connectivity index (χ1v) is 5.92. The lowest BCUT2D eigenvalue weighted by atomic mass is 10.0. The van der Waals surface area contributed by atoms with Crippen molar-refractivity contribution in [1.29, 1.82) is 0 Å². The Morgan fingerprint density at radius 1 is 1.13 bits per heavy atom. The van der Waals surface area contributed by atoms with Gasteiger partial charge in [-0.15, -0.1) is 11.3 Å². The van der Waals surface area contributed by atoms with E-state index in [1.54, 1.807) is 11.3 Å². The number of thiophene rings is 1. The smallest absolute Gasteiger partial charge is 0.0646 e. The number of hydrogen-bond donors (Lipinski definition) is 1. The standard InChI is InChI=1S/C13H15NS/c1-9-5-6-11(8-10(9)2)13(14)12-4-3-7-15-12/h3-8,13H,14H2,1-2H3/t13-/m1/s1. The van der Waals surface area contributed by atoms with Gasteiger partial charge in [-0.05, 0) is 42.0 Å². The van der Waals surface area contributed by atoms with Crippen molar-refractivity contribution in [2.45, 2.75) is 19.9 Å². The van der Waals surface area contributed by atoms with Crippen LogP contribution in [0.5, 0.6) is 0 Å². The summed E-state index contributed by atoms with van der Waals surface area (Å²) in [5.41, 5.74) is 10.0. The molecule has 1 nitrogen and oxygen atoms in total. The Kier molecular flexibility index (Phi) is 2.89. The second-order valence-electron chi connectivity index (χ2n) is 3.84. The zero-order valence-corrected chi connectivity index (χ0v) is 9.84. The van der Waals surface area contributed by atoms with Gasteiger partial charge < -0.3 is 5.73 Å². The predicted octanol–water partition coefficient (Wildman–Crippen LogP) is 3.41. The molecule has 1 aromatic carbocycles. The highest BCUT2D eigenvalue weighted by Crippen LogP contribution is 2.24. The summed E-state index contributed by atoms with van der Waals surface area (Å²) in [5, 5.41) is 2.07. The van der Waals surface area contributed by atoms with Gasteiger partial charge in [-0.25, -0.2) is 0 Å². The lowest BCUT2D eigenvalue weighted by Crippen LogP contribution is -2.10. The summed E-state index contributed by atoms with van der Waals surface area (Å²) < 4.78 is 0. The summed E-state index contributed by atoms with van der Waals surface area (Å²) in [6.07, 6.45) is 0. The van der Waals surface area contributed by atoms with Gasteiger partial charge in [-0.1, -0.05) is 24.3 Å². The summed E-state index contributed by atoms with van der Waals surface area (Å²) in [5.74, 6) is 0. The summed E-state index contributed by atoms with van der Waals surface area (Å²) in [4.78, 5) is 1.22. The van der Waals surface area contributed by atoms with Gasteiger partial charge in [0.25, 0.3) is 0 Å². The topological polar surface area (TPSA) is 26.0 Å². The molecule has 0 saturated carbocycles. The van der Waals surface area contributed by atoms with Crippen LogP contribution >= 0.6 is 11.3 Å². The van der Waals surface area contributed by atoms with Gasteiger partial charge in [-0.3, -0.25) is 0 Å². The van der Waals surface area contributed by atoms with Crippen molar-refractivity contribution < 1.29 is 0 Å². The van der Waals surface area contributed by atoms with Gasteiger partial charge in [0.1, 0.15) is 0 Å². The van der Waals surface area contributed by atoms with Crippen LogP contribution in [-0.2, 0) is 0 Å². The SMILES string of the molecule is Cc1ccc([C@@H](N)c2cccs2)cc1C. The summed E-state index contributed by atoms with van der Waals surface area (Å²) in [6, 6.07) is 10.6. The Morgan fingerprint density at radius 2 is 1.93 bits per heavy atom. The Labute approximate surface area is 94.6 Å². The number of aryl methyl sites for hydroxylation is 2. The molecule has 2 N–H and O–H groups in total. The molecule has 0 fully saturated rings. The normalized spacial score (nSPS) is 12.7. The van der Waals surface area contributed by atoms with E-state index >= 15 is 0 Å². The zero-order chi connectivity index (χ0) is 10.8. The van der Waals surface area contributed by atoms with E-state index in [4.69, 9.17) is 5.73 Å². The molecule has 78 valence electrons. The molecule has 1 aromatic heterocycles. The van der Waals surface area contributed by atoms with Crippen LogP contribution in [0.3, 0.4) is 0 Å². The van der Waals surface area contributed by atoms with Gasteiger partial charge in [0.15, 0.2) is 0 Å². The summed E-state index contributed by atoms with van der Waals surface area (Å²) in [6.45, 7) is 4.25. The average Bonchev–Trinajstić information content (AvgIpc) is 2.74. The molecule has 1 atom stereocenters. The van der Waals surface area contributed by atoms with E-state index in [-0.39, 0.29) is 6.04 Å². The first-order valence-electron chi connectivity index (χ1n) is 5.04. The zero-order valence-electron chi connectivity index (χ0n) is 9.03. The van der Waals surface area contributed by atoms with Crippen LogP contribution in [-0.4, -0.2) is 0 Å². The van der Waals surface area contributed by atoms with E-state index in [1.807, 2.05) is 6.07 Å². The third kappa shape index (κ3) is 2.11. The second-order valence-corrected chi connectivity index (χ2v) is 4.82. The van der Waals surface area contributed by atoms with E-state index in [2.05, 4.69) is 43.5 Å². The van der Waals surface area contributed by atoms with E-state index < -0.39 is 0 Å². The molecule has 0 aliphatic rings. The molecule has 0 aliphatic carbocycles. The quantitative estimate of drug-likeness (QED) is 0.819. The van der Waals surface area contributed by atoms with Crippen molar-refractivity contribution in [3.8, 4) is 0 Å². The minimum absolute atomic E-state index is 0.0179. The Hall–Kier alpha value is -1.12. The van der Waals surface area contributed by atoms with Crippen LogP contribution in [0, 0.1) is 13.8 Å². The molecule has 2 heteroatoms. The largest absolute Gasteiger partial charge is 0.320 e. The Balaban J connectivity index is 2.34. The molecule has 0 radical (unpaired) electrons. The highest BCUT2D eigenvalue weighted by molar-refractivity contribution is 7.10. The van der Waals surface area contributed by atoms with Crippen LogP contribution in [0.2, 0.25) is 0 Å². The van der Waals surface area contributed by atoms with Crippen LogP contribution in [0.4, 0.5) is 0 Å². The maximum atomic E-state index is 6.19. The maximum Gasteiger partial charge on any atom is 0.0646 e. The molecule has 15 heavy (non-hydrogen) atoms. The van der Waals surface area contributed by atoms with Crippen LogP contribution < -0.4 is 5.73 Å². The summed E-state index contributed by atoms with van der Waals surface area (Å²) >= 11 is 1.71. The fourth-order valence-electron chi connectivity index (χ4n) is 1.59. The molecule has 0 spiro atoms. The number of rotatable bonds is 2. The second kappa shape index (κ2) is 4.17. The molecule has 0 bridgehead atoms. The van der Waals surface area contributed by atoms with E-state index in [1.165, 1.54) is 21.6 Å².